The van der Waals surface area contributed by atoms with Crippen LogP contribution >= 0.6 is 0 Å². The number of amides is 1. The Morgan fingerprint density at radius 3 is 2.21 bits per heavy atom. The van der Waals surface area contributed by atoms with Gasteiger partial charge in [0, 0.05) is 49.2 Å². The molecule has 212 valence electrons. The topological polar surface area (TPSA) is 109 Å². The first-order valence-corrected chi connectivity index (χ1v) is 15.1. The van der Waals surface area contributed by atoms with Crippen molar-refractivity contribution in [2.75, 3.05) is 31.5 Å². The van der Waals surface area contributed by atoms with Crippen molar-refractivity contribution in [3.8, 4) is 11.3 Å². The summed E-state index contributed by atoms with van der Waals surface area (Å²) in [6.45, 7) is 3.68. The molecule has 1 saturated heterocycles. The van der Waals surface area contributed by atoms with Gasteiger partial charge in [0.25, 0.3) is 5.91 Å². The highest BCUT2D eigenvalue weighted by atomic mass is 32.2. The number of piperazine rings is 1. The summed E-state index contributed by atoms with van der Waals surface area (Å²) in [7, 11) is -3.59. The van der Waals surface area contributed by atoms with Gasteiger partial charge in [-0.2, -0.15) is 0 Å². The Morgan fingerprint density at radius 1 is 0.810 bits per heavy atom. The lowest BCUT2D eigenvalue weighted by Crippen LogP contribution is -2.48. The lowest BCUT2D eigenvalue weighted by molar-refractivity contribution is 0.0620. The molecule has 0 radical (unpaired) electrons. The predicted octanol–water partition coefficient (Wildman–Crippen LogP) is 5.27. The molecule has 3 aromatic carbocycles. The number of rotatable bonds is 8. The van der Waals surface area contributed by atoms with Crippen molar-refractivity contribution in [3.05, 3.63) is 121 Å². The smallest absolute Gasteiger partial charge is 0.253 e. The van der Waals surface area contributed by atoms with Crippen molar-refractivity contribution in [1.82, 2.24) is 19.8 Å². The summed E-state index contributed by atoms with van der Waals surface area (Å²) >= 11 is 0. The van der Waals surface area contributed by atoms with Gasteiger partial charge in [-0.1, -0.05) is 30.3 Å². The normalized spacial score (nSPS) is 14.0. The highest BCUT2D eigenvalue weighted by Crippen LogP contribution is 2.25. The zero-order valence-electron chi connectivity index (χ0n) is 22.8. The number of aromatic nitrogens is 2. The lowest BCUT2D eigenvalue weighted by atomic mass is 10.1. The van der Waals surface area contributed by atoms with E-state index in [9.17, 15) is 13.2 Å². The number of hydrogen-bond acceptors (Lipinski definition) is 8. The molecule has 1 amide bonds. The molecule has 3 heterocycles. The van der Waals surface area contributed by atoms with Crippen molar-refractivity contribution >= 4 is 27.4 Å². The number of furan rings is 1. The molecule has 0 saturated carbocycles. The van der Waals surface area contributed by atoms with E-state index in [1.54, 1.807) is 85.3 Å². The first-order chi connectivity index (χ1) is 20.5. The van der Waals surface area contributed by atoms with E-state index >= 15 is 0 Å². The van der Waals surface area contributed by atoms with Crippen molar-refractivity contribution in [1.29, 1.82) is 0 Å². The maximum absolute atomic E-state index is 13.1. The van der Waals surface area contributed by atoms with Crippen LogP contribution in [0.2, 0.25) is 0 Å². The molecule has 5 aromatic rings. The van der Waals surface area contributed by atoms with Gasteiger partial charge in [-0.05, 0) is 66.7 Å². The van der Waals surface area contributed by atoms with Crippen LogP contribution < -0.4 is 5.32 Å². The van der Waals surface area contributed by atoms with E-state index in [-0.39, 0.29) is 15.7 Å². The van der Waals surface area contributed by atoms with Crippen LogP contribution in [-0.2, 0) is 16.4 Å². The second kappa shape index (κ2) is 12.0. The van der Waals surface area contributed by atoms with Crippen LogP contribution in [0.1, 0.15) is 16.1 Å². The van der Waals surface area contributed by atoms with Gasteiger partial charge >= 0.3 is 0 Å². The molecule has 0 aliphatic carbocycles. The summed E-state index contributed by atoms with van der Waals surface area (Å²) in [6, 6.07) is 27.9. The van der Waals surface area contributed by atoms with Gasteiger partial charge in [0.2, 0.25) is 15.8 Å². The van der Waals surface area contributed by atoms with Crippen molar-refractivity contribution < 1.29 is 17.6 Å². The van der Waals surface area contributed by atoms with Crippen molar-refractivity contribution in [2.45, 2.75) is 16.3 Å². The number of carbonyl (C=O) groups is 1. The molecule has 1 N–H and O–H groups in total. The van der Waals surface area contributed by atoms with Gasteiger partial charge in [-0.3, -0.25) is 9.69 Å². The van der Waals surface area contributed by atoms with Gasteiger partial charge < -0.3 is 14.6 Å². The Balaban J connectivity index is 1.07. The van der Waals surface area contributed by atoms with Crippen LogP contribution in [-0.4, -0.2) is 60.3 Å². The molecule has 0 unspecified atom stereocenters. The summed E-state index contributed by atoms with van der Waals surface area (Å²) in [5.74, 6) is 1.33. The summed E-state index contributed by atoms with van der Waals surface area (Å²) in [4.78, 5) is 26.6. The summed E-state index contributed by atoms with van der Waals surface area (Å²) in [6.07, 6.45) is 3.32. The molecule has 1 aliphatic heterocycles. The van der Waals surface area contributed by atoms with E-state index < -0.39 is 9.84 Å². The Morgan fingerprint density at radius 2 is 1.52 bits per heavy atom. The third-order valence-electron chi connectivity index (χ3n) is 7.18. The first-order valence-electron chi connectivity index (χ1n) is 13.6. The Hall–Kier alpha value is -4.80. The molecular formula is C32H29N5O4S. The quantitative estimate of drug-likeness (QED) is 0.265. The van der Waals surface area contributed by atoms with Gasteiger partial charge in [0.15, 0.2) is 0 Å². The lowest BCUT2D eigenvalue weighted by Gasteiger charge is -2.34. The fourth-order valence-electron chi connectivity index (χ4n) is 4.86. The Bertz CT molecular complexity index is 1750. The minimum Gasteiger partial charge on any atom is -0.468 e. The SMILES string of the molecule is O=C(c1ccc(Nc2nccc(-c3ccc(S(=O)(=O)c4ccccc4)cc3)n2)cc1)N1CCN(Cc2ccco2)CC1. The van der Waals surface area contributed by atoms with Gasteiger partial charge in [-0.15, -0.1) is 0 Å². The molecule has 2 aromatic heterocycles. The fourth-order valence-corrected chi connectivity index (χ4v) is 6.14. The predicted molar refractivity (Wildman–Crippen MR) is 159 cm³/mol. The number of benzene rings is 3. The summed E-state index contributed by atoms with van der Waals surface area (Å²) in [5.41, 5.74) is 2.78. The van der Waals surface area contributed by atoms with Crippen LogP contribution in [0.5, 0.6) is 0 Å². The average Bonchev–Trinajstić information content (AvgIpc) is 3.55. The second-order valence-corrected chi connectivity index (χ2v) is 11.9. The molecule has 9 nitrogen and oxygen atoms in total. The van der Waals surface area contributed by atoms with E-state index in [1.807, 2.05) is 29.2 Å². The minimum atomic E-state index is -3.59. The Labute approximate surface area is 244 Å². The van der Waals surface area contributed by atoms with Gasteiger partial charge in [0.1, 0.15) is 5.76 Å². The van der Waals surface area contributed by atoms with Crippen LogP contribution in [0.15, 0.2) is 124 Å². The fraction of sp³-hybridized carbons (Fsp3) is 0.156. The van der Waals surface area contributed by atoms with Gasteiger partial charge in [0.05, 0.1) is 28.3 Å². The van der Waals surface area contributed by atoms with E-state index in [0.29, 0.717) is 30.3 Å². The monoisotopic (exact) mass is 579 g/mol. The number of carbonyl (C=O) groups excluding carboxylic acids is 1. The van der Waals surface area contributed by atoms with E-state index in [4.69, 9.17) is 4.42 Å². The number of hydrogen-bond donors (Lipinski definition) is 1. The van der Waals surface area contributed by atoms with Crippen molar-refractivity contribution in [3.63, 3.8) is 0 Å². The summed E-state index contributed by atoms with van der Waals surface area (Å²) in [5, 5.41) is 3.19. The third-order valence-corrected chi connectivity index (χ3v) is 8.96. The molecule has 0 atom stereocenters. The molecule has 42 heavy (non-hydrogen) atoms. The average molecular weight is 580 g/mol. The third kappa shape index (κ3) is 6.09. The minimum absolute atomic E-state index is 0.00942. The van der Waals surface area contributed by atoms with E-state index in [1.165, 1.54) is 0 Å². The maximum Gasteiger partial charge on any atom is 0.253 e. The van der Waals surface area contributed by atoms with Crippen LogP contribution in [0.3, 0.4) is 0 Å². The van der Waals surface area contributed by atoms with E-state index in [2.05, 4.69) is 20.2 Å². The van der Waals surface area contributed by atoms with E-state index in [0.717, 1.165) is 36.6 Å². The van der Waals surface area contributed by atoms with Crippen molar-refractivity contribution in [2.24, 2.45) is 0 Å². The molecule has 10 heteroatoms. The van der Waals surface area contributed by atoms with Crippen LogP contribution in [0.25, 0.3) is 11.3 Å². The second-order valence-electron chi connectivity index (χ2n) is 9.96. The first kappa shape index (κ1) is 27.4. The number of nitrogens with zero attached hydrogens (tertiary/aromatic N) is 4. The zero-order chi connectivity index (χ0) is 28.9. The highest BCUT2D eigenvalue weighted by molar-refractivity contribution is 7.91. The summed E-state index contributed by atoms with van der Waals surface area (Å²) < 4.78 is 31.2. The number of anilines is 2. The molecule has 0 bridgehead atoms. The standard InChI is InChI=1S/C32H29N5O4S/c38-31(37-20-18-36(19-21-37)23-27-5-4-22-41-27)25-8-12-26(13-9-25)34-32-33-17-16-30(35-32)24-10-14-29(15-11-24)42(39,40)28-6-2-1-3-7-28/h1-17,22H,18-21,23H2,(H,33,34,35). The highest BCUT2D eigenvalue weighted by Gasteiger charge is 2.23. The maximum atomic E-state index is 13.1. The van der Waals surface area contributed by atoms with Crippen LogP contribution in [0.4, 0.5) is 11.6 Å². The van der Waals surface area contributed by atoms with Gasteiger partial charge in [-0.25, -0.2) is 18.4 Å². The molecule has 1 fully saturated rings. The Kier molecular flexibility index (Phi) is 7.81. The largest absolute Gasteiger partial charge is 0.468 e. The number of sulfone groups is 1. The molecule has 0 spiro atoms. The molecule has 1 aliphatic rings. The molecule has 6 rings (SSSR count). The number of nitrogens with one attached hydrogen (secondary N) is 1. The van der Waals surface area contributed by atoms with Crippen LogP contribution in [0, 0.1) is 0 Å². The zero-order valence-corrected chi connectivity index (χ0v) is 23.6. The molecular weight excluding hydrogens is 550 g/mol.